The van der Waals surface area contributed by atoms with E-state index in [1.54, 1.807) is 12.1 Å². The van der Waals surface area contributed by atoms with Gasteiger partial charge in [0.25, 0.3) is 5.91 Å². The van der Waals surface area contributed by atoms with Crippen LogP contribution in [0.3, 0.4) is 0 Å². The number of unbranched alkanes of at least 4 members (excludes halogenated alkanes) is 1. The van der Waals surface area contributed by atoms with Crippen molar-refractivity contribution in [3.63, 3.8) is 0 Å². The molecule has 1 aromatic carbocycles. The van der Waals surface area contributed by atoms with E-state index in [1.165, 1.54) is 0 Å². The predicted octanol–water partition coefficient (Wildman–Crippen LogP) is 1.93. The standard InChI is InChI=1S/C23H28N2O7/c1-2-3-8-18(22(28)29)25-20(26)12-24-21(27)13-31-14-9-10-16-15-6-4-5-7-17(15)23(30)32-19(16)11-14/h9-11,18H,2-8,12-13H2,1H3,(H,24,27)(H,25,26)(H,28,29)/t18-/m0/s1. The summed E-state index contributed by atoms with van der Waals surface area (Å²) in [5.74, 6) is -1.86. The SMILES string of the molecule is CCCC[C@H](NC(=O)CNC(=O)COc1ccc2c3c(c(=O)oc2c1)CCCC3)C(=O)O. The third kappa shape index (κ3) is 5.87. The first-order valence-electron chi connectivity index (χ1n) is 10.9. The summed E-state index contributed by atoms with van der Waals surface area (Å²) in [5.41, 5.74) is 1.86. The van der Waals surface area contributed by atoms with Gasteiger partial charge in [-0.05, 0) is 49.8 Å². The summed E-state index contributed by atoms with van der Waals surface area (Å²) in [6.45, 7) is 1.24. The first-order valence-corrected chi connectivity index (χ1v) is 10.9. The fraction of sp³-hybridized carbons (Fsp3) is 0.478. The number of rotatable bonds is 10. The van der Waals surface area contributed by atoms with Crippen LogP contribution in [0.25, 0.3) is 11.0 Å². The second-order valence-electron chi connectivity index (χ2n) is 7.88. The molecule has 1 aliphatic rings. The highest BCUT2D eigenvalue weighted by molar-refractivity contribution is 5.88. The first kappa shape index (κ1) is 23.3. The molecule has 9 nitrogen and oxygen atoms in total. The maximum atomic E-state index is 12.2. The van der Waals surface area contributed by atoms with E-state index in [4.69, 9.17) is 14.3 Å². The van der Waals surface area contributed by atoms with E-state index in [1.807, 2.05) is 13.0 Å². The van der Waals surface area contributed by atoms with Crippen molar-refractivity contribution in [2.24, 2.45) is 0 Å². The molecule has 1 aliphatic carbocycles. The monoisotopic (exact) mass is 444 g/mol. The van der Waals surface area contributed by atoms with Crippen LogP contribution in [0.4, 0.5) is 0 Å². The molecule has 0 unspecified atom stereocenters. The highest BCUT2D eigenvalue weighted by atomic mass is 16.5. The summed E-state index contributed by atoms with van der Waals surface area (Å²) in [4.78, 5) is 47.4. The van der Waals surface area contributed by atoms with Gasteiger partial charge in [0, 0.05) is 17.0 Å². The Morgan fingerprint density at radius 3 is 2.62 bits per heavy atom. The van der Waals surface area contributed by atoms with Gasteiger partial charge in [-0.1, -0.05) is 19.8 Å². The molecule has 32 heavy (non-hydrogen) atoms. The molecular formula is C23H28N2O7. The molecule has 0 spiro atoms. The van der Waals surface area contributed by atoms with Crippen LogP contribution in [0.15, 0.2) is 27.4 Å². The number of nitrogens with one attached hydrogen (secondary N) is 2. The van der Waals surface area contributed by atoms with Crippen molar-refractivity contribution < 1.29 is 28.6 Å². The molecule has 0 radical (unpaired) electrons. The summed E-state index contributed by atoms with van der Waals surface area (Å²) in [7, 11) is 0. The highest BCUT2D eigenvalue weighted by Gasteiger charge is 2.20. The van der Waals surface area contributed by atoms with Gasteiger partial charge in [-0.2, -0.15) is 0 Å². The highest BCUT2D eigenvalue weighted by Crippen LogP contribution is 2.29. The quantitative estimate of drug-likeness (QED) is 0.477. The van der Waals surface area contributed by atoms with E-state index in [-0.39, 0.29) is 18.8 Å². The lowest BCUT2D eigenvalue weighted by atomic mass is 9.91. The van der Waals surface area contributed by atoms with E-state index in [0.717, 1.165) is 48.6 Å². The van der Waals surface area contributed by atoms with E-state index in [0.29, 0.717) is 24.2 Å². The fourth-order valence-electron chi connectivity index (χ4n) is 3.81. The number of fused-ring (bicyclic) bond motifs is 3. The normalized spacial score (nSPS) is 13.8. The Morgan fingerprint density at radius 1 is 1.16 bits per heavy atom. The third-order valence-electron chi connectivity index (χ3n) is 5.49. The fourth-order valence-corrected chi connectivity index (χ4v) is 3.81. The summed E-state index contributed by atoms with van der Waals surface area (Å²) in [6, 6.07) is 4.14. The second-order valence-corrected chi connectivity index (χ2v) is 7.88. The molecule has 3 N–H and O–H groups in total. The molecule has 2 amide bonds. The smallest absolute Gasteiger partial charge is 0.339 e. The lowest BCUT2D eigenvalue weighted by Crippen LogP contribution is -2.46. The summed E-state index contributed by atoms with van der Waals surface area (Å²) in [6.07, 6.45) is 5.39. The predicted molar refractivity (Wildman–Crippen MR) is 117 cm³/mol. The van der Waals surface area contributed by atoms with Crippen LogP contribution in [-0.4, -0.2) is 42.1 Å². The summed E-state index contributed by atoms with van der Waals surface area (Å²) in [5, 5.41) is 14.8. The average molecular weight is 444 g/mol. The van der Waals surface area contributed by atoms with Gasteiger partial charge in [-0.3, -0.25) is 9.59 Å². The van der Waals surface area contributed by atoms with E-state index >= 15 is 0 Å². The molecule has 3 rings (SSSR count). The van der Waals surface area contributed by atoms with Gasteiger partial charge in [0.05, 0.1) is 6.54 Å². The van der Waals surface area contributed by atoms with Crippen molar-refractivity contribution in [2.45, 2.75) is 57.9 Å². The van der Waals surface area contributed by atoms with Gasteiger partial charge in [0.1, 0.15) is 17.4 Å². The van der Waals surface area contributed by atoms with Crippen LogP contribution in [0, 0.1) is 0 Å². The number of aliphatic carboxylic acids is 1. The number of hydrogen-bond acceptors (Lipinski definition) is 6. The number of carboxylic acid groups (broad SMARTS) is 1. The van der Waals surface area contributed by atoms with Crippen molar-refractivity contribution in [1.29, 1.82) is 0 Å². The lowest BCUT2D eigenvalue weighted by Gasteiger charge is -2.16. The number of amides is 2. The molecule has 1 heterocycles. The zero-order valence-corrected chi connectivity index (χ0v) is 18.1. The Bertz CT molecular complexity index is 1060. The number of carbonyl (C=O) groups is 3. The van der Waals surface area contributed by atoms with Crippen LogP contribution >= 0.6 is 0 Å². The lowest BCUT2D eigenvalue weighted by molar-refractivity contribution is -0.142. The van der Waals surface area contributed by atoms with E-state index < -0.39 is 23.8 Å². The van der Waals surface area contributed by atoms with Gasteiger partial charge >= 0.3 is 11.6 Å². The minimum atomic E-state index is -1.11. The Labute approximate surface area is 185 Å². The zero-order chi connectivity index (χ0) is 23.1. The number of aryl methyl sites for hydroxylation is 1. The maximum Gasteiger partial charge on any atom is 0.339 e. The molecule has 0 saturated heterocycles. The van der Waals surface area contributed by atoms with Gasteiger partial charge in [-0.15, -0.1) is 0 Å². The van der Waals surface area contributed by atoms with E-state index in [2.05, 4.69) is 10.6 Å². The Balaban J connectivity index is 1.53. The maximum absolute atomic E-state index is 12.2. The molecule has 9 heteroatoms. The van der Waals surface area contributed by atoms with E-state index in [9.17, 15) is 19.2 Å². The van der Waals surface area contributed by atoms with Crippen LogP contribution in [-0.2, 0) is 27.2 Å². The molecule has 0 bridgehead atoms. The Kier molecular flexibility index (Phi) is 7.86. The summed E-state index contributed by atoms with van der Waals surface area (Å²) >= 11 is 0. The molecule has 1 aromatic heterocycles. The third-order valence-corrected chi connectivity index (χ3v) is 5.49. The largest absolute Gasteiger partial charge is 0.484 e. The molecule has 172 valence electrons. The van der Waals surface area contributed by atoms with Crippen molar-refractivity contribution >= 4 is 28.8 Å². The van der Waals surface area contributed by atoms with Crippen LogP contribution in [0.5, 0.6) is 5.75 Å². The van der Waals surface area contributed by atoms with Gasteiger partial charge in [-0.25, -0.2) is 9.59 Å². The van der Waals surface area contributed by atoms with Gasteiger partial charge in [0.15, 0.2) is 6.61 Å². The Morgan fingerprint density at radius 2 is 1.91 bits per heavy atom. The molecule has 2 aromatic rings. The van der Waals surface area contributed by atoms with Crippen LogP contribution in [0.1, 0.15) is 50.2 Å². The topological polar surface area (TPSA) is 135 Å². The van der Waals surface area contributed by atoms with Crippen LogP contribution in [0.2, 0.25) is 0 Å². The molecule has 1 atom stereocenters. The number of hydrogen-bond donors (Lipinski definition) is 3. The average Bonchev–Trinajstić information content (AvgIpc) is 2.78. The van der Waals surface area contributed by atoms with Gasteiger partial charge in [0.2, 0.25) is 5.91 Å². The van der Waals surface area contributed by atoms with Crippen molar-refractivity contribution in [2.75, 3.05) is 13.2 Å². The second kappa shape index (κ2) is 10.8. The molecule has 0 saturated carbocycles. The van der Waals surface area contributed by atoms with Crippen molar-refractivity contribution in [3.05, 3.63) is 39.7 Å². The minimum absolute atomic E-state index is 0.327. The minimum Gasteiger partial charge on any atom is -0.484 e. The molecular weight excluding hydrogens is 416 g/mol. The summed E-state index contributed by atoms with van der Waals surface area (Å²) < 4.78 is 10.9. The van der Waals surface area contributed by atoms with Gasteiger partial charge < -0.3 is 24.9 Å². The first-order chi connectivity index (χ1) is 15.4. The number of carboxylic acids is 1. The molecule has 0 fully saturated rings. The van der Waals surface area contributed by atoms with Crippen LogP contribution < -0.4 is 21.0 Å². The number of benzene rings is 1. The number of carbonyl (C=O) groups excluding carboxylic acids is 2. The molecule has 0 aliphatic heterocycles. The number of ether oxygens (including phenoxy) is 1. The van der Waals surface area contributed by atoms with Crippen molar-refractivity contribution in [1.82, 2.24) is 10.6 Å². The van der Waals surface area contributed by atoms with Crippen molar-refractivity contribution in [3.8, 4) is 5.75 Å². The Hall–Kier alpha value is -3.36. The zero-order valence-electron chi connectivity index (χ0n) is 18.1.